The molecule has 0 aromatic rings. The Kier molecular flexibility index (Phi) is 10.4. The molecule has 1 fully saturated rings. The maximum absolute atomic E-state index is 12.1. The van der Waals surface area contributed by atoms with E-state index in [4.69, 9.17) is 0 Å². The van der Waals surface area contributed by atoms with E-state index >= 15 is 0 Å². The van der Waals surface area contributed by atoms with Crippen LogP contribution in [0, 0.1) is 5.92 Å². The minimum atomic E-state index is -4.14. The maximum Gasteiger partial charge on any atom is 0.390 e. The fourth-order valence-electron chi connectivity index (χ4n) is 2.60. The standard InChI is InChI=1S/C14H27F3N4.HI/c1-11(2)12(21-8-4-5-9-21)10-20-13(18-3)19-7-6-14(15,16)17;/h11-12H,4-10H2,1-3H3,(H2,18,19,20);1H. The summed E-state index contributed by atoms with van der Waals surface area (Å²) in [5, 5.41) is 5.86. The molecule has 8 heteroatoms. The van der Waals surface area contributed by atoms with Crippen molar-refractivity contribution in [1.82, 2.24) is 15.5 Å². The number of alkyl halides is 3. The zero-order chi connectivity index (χ0) is 15.9. The monoisotopic (exact) mass is 436 g/mol. The van der Waals surface area contributed by atoms with E-state index in [2.05, 4.69) is 34.4 Å². The number of halogens is 4. The Morgan fingerprint density at radius 3 is 2.23 bits per heavy atom. The van der Waals surface area contributed by atoms with E-state index in [1.807, 2.05) is 0 Å². The molecule has 22 heavy (non-hydrogen) atoms. The molecule has 0 aromatic heterocycles. The lowest BCUT2D eigenvalue weighted by molar-refractivity contribution is -0.132. The van der Waals surface area contributed by atoms with E-state index in [1.165, 1.54) is 12.8 Å². The van der Waals surface area contributed by atoms with Crippen molar-refractivity contribution in [3.05, 3.63) is 0 Å². The smallest absolute Gasteiger partial charge is 0.356 e. The third kappa shape index (κ3) is 8.40. The molecule has 0 spiro atoms. The molecule has 1 rings (SSSR count). The molecule has 1 unspecified atom stereocenters. The van der Waals surface area contributed by atoms with E-state index in [0.717, 1.165) is 13.1 Å². The minimum absolute atomic E-state index is 0. The molecule has 0 saturated carbocycles. The zero-order valence-electron chi connectivity index (χ0n) is 13.5. The Labute approximate surface area is 148 Å². The largest absolute Gasteiger partial charge is 0.390 e. The number of aliphatic imine (C=N–C) groups is 1. The Morgan fingerprint density at radius 2 is 1.77 bits per heavy atom. The molecule has 0 radical (unpaired) electrons. The van der Waals surface area contributed by atoms with Crippen molar-refractivity contribution in [2.75, 3.05) is 33.2 Å². The molecule has 0 bridgehead atoms. The molecular weight excluding hydrogens is 408 g/mol. The predicted molar refractivity (Wildman–Crippen MR) is 94.9 cm³/mol. The normalized spacial score (nSPS) is 18.2. The summed E-state index contributed by atoms with van der Waals surface area (Å²) in [6, 6.07) is 0.383. The van der Waals surface area contributed by atoms with Crippen molar-refractivity contribution in [1.29, 1.82) is 0 Å². The quantitative estimate of drug-likeness (QED) is 0.382. The van der Waals surface area contributed by atoms with Gasteiger partial charge in [0.15, 0.2) is 5.96 Å². The fourth-order valence-corrected chi connectivity index (χ4v) is 2.60. The lowest BCUT2D eigenvalue weighted by atomic mass is 10.0. The van der Waals surface area contributed by atoms with Crippen molar-refractivity contribution >= 4 is 29.9 Å². The van der Waals surface area contributed by atoms with Crippen LogP contribution in [0.2, 0.25) is 0 Å². The zero-order valence-corrected chi connectivity index (χ0v) is 15.9. The average Bonchev–Trinajstić information content (AvgIpc) is 2.88. The van der Waals surface area contributed by atoms with Crippen molar-refractivity contribution in [3.8, 4) is 0 Å². The number of hydrogen-bond donors (Lipinski definition) is 2. The van der Waals surface area contributed by atoms with Crippen LogP contribution in [-0.4, -0.2) is 56.3 Å². The van der Waals surface area contributed by atoms with Crippen LogP contribution in [0.15, 0.2) is 4.99 Å². The SMILES string of the molecule is CN=C(NCCC(F)(F)F)NCC(C(C)C)N1CCCC1.I. The molecule has 1 heterocycles. The highest BCUT2D eigenvalue weighted by atomic mass is 127. The first-order chi connectivity index (χ1) is 9.83. The summed E-state index contributed by atoms with van der Waals surface area (Å²) in [6.45, 7) is 7.09. The maximum atomic E-state index is 12.1. The number of nitrogens with zero attached hydrogens (tertiary/aromatic N) is 2. The molecule has 0 aliphatic carbocycles. The Balaban J connectivity index is 0.00000441. The van der Waals surface area contributed by atoms with Gasteiger partial charge in [-0.2, -0.15) is 13.2 Å². The van der Waals surface area contributed by atoms with E-state index in [9.17, 15) is 13.2 Å². The second kappa shape index (κ2) is 10.5. The Bertz CT molecular complexity index is 329. The minimum Gasteiger partial charge on any atom is -0.356 e. The summed E-state index contributed by atoms with van der Waals surface area (Å²) in [5.41, 5.74) is 0. The predicted octanol–water partition coefficient (Wildman–Crippen LogP) is 2.84. The average molecular weight is 436 g/mol. The van der Waals surface area contributed by atoms with Crippen LogP contribution in [0.3, 0.4) is 0 Å². The van der Waals surface area contributed by atoms with Gasteiger partial charge >= 0.3 is 6.18 Å². The van der Waals surface area contributed by atoms with Crippen LogP contribution in [0.4, 0.5) is 13.2 Å². The first-order valence-electron chi connectivity index (χ1n) is 7.59. The third-order valence-corrected chi connectivity index (χ3v) is 3.78. The lowest BCUT2D eigenvalue weighted by Crippen LogP contribution is -2.48. The number of nitrogens with one attached hydrogen (secondary N) is 2. The van der Waals surface area contributed by atoms with Gasteiger partial charge in [0.05, 0.1) is 6.42 Å². The highest BCUT2D eigenvalue weighted by molar-refractivity contribution is 14.0. The van der Waals surface area contributed by atoms with Gasteiger partial charge in [0, 0.05) is 26.2 Å². The van der Waals surface area contributed by atoms with Gasteiger partial charge in [0.25, 0.3) is 0 Å². The van der Waals surface area contributed by atoms with E-state index < -0.39 is 12.6 Å². The van der Waals surface area contributed by atoms with E-state index in [0.29, 0.717) is 24.5 Å². The molecule has 0 aromatic carbocycles. The molecule has 0 amide bonds. The highest BCUT2D eigenvalue weighted by Gasteiger charge is 2.27. The number of likely N-dealkylation sites (tertiary alicyclic amines) is 1. The van der Waals surface area contributed by atoms with Crippen LogP contribution in [0.5, 0.6) is 0 Å². The van der Waals surface area contributed by atoms with Crippen molar-refractivity contribution in [2.45, 2.75) is 45.3 Å². The molecular formula is C14H28F3IN4. The molecule has 1 atom stereocenters. The second-order valence-corrected chi connectivity index (χ2v) is 5.80. The summed E-state index contributed by atoms with van der Waals surface area (Å²) < 4.78 is 36.4. The second-order valence-electron chi connectivity index (χ2n) is 5.80. The van der Waals surface area contributed by atoms with Gasteiger partial charge in [-0.05, 0) is 31.8 Å². The van der Waals surface area contributed by atoms with Gasteiger partial charge in [0.2, 0.25) is 0 Å². The fraction of sp³-hybridized carbons (Fsp3) is 0.929. The van der Waals surface area contributed by atoms with E-state index in [1.54, 1.807) is 7.05 Å². The Hall–Kier alpha value is -0.250. The van der Waals surface area contributed by atoms with Crippen molar-refractivity contribution in [2.24, 2.45) is 10.9 Å². The van der Waals surface area contributed by atoms with Gasteiger partial charge in [-0.1, -0.05) is 13.8 Å². The number of hydrogen-bond acceptors (Lipinski definition) is 2. The molecule has 2 N–H and O–H groups in total. The van der Waals surface area contributed by atoms with Crippen LogP contribution in [0.1, 0.15) is 33.1 Å². The third-order valence-electron chi connectivity index (χ3n) is 3.78. The number of rotatable bonds is 6. The van der Waals surface area contributed by atoms with Gasteiger partial charge in [0.1, 0.15) is 0 Å². The van der Waals surface area contributed by atoms with Crippen molar-refractivity contribution < 1.29 is 13.2 Å². The highest BCUT2D eigenvalue weighted by Crippen LogP contribution is 2.18. The van der Waals surface area contributed by atoms with Crippen LogP contribution >= 0.6 is 24.0 Å². The van der Waals surface area contributed by atoms with E-state index in [-0.39, 0.29) is 30.5 Å². The summed E-state index contributed by atoms with van der Waals surface area (Å²) in [5.74, 6) is 0.924. The number of guanidine groups is 1. The van der Waals surface area contributed by atoms with Crippen LogP contribution < -0.4 is 10.6 Å². The Morgan fingerprint density at radius 1 is 1.18 bits per heavy atom. The van der Waals surface area contributed by atoms with Gasteiger partial charge in [-0.15, -0.1) is 24.0 Å². The van der Waals surface area contributed by atoms with Crippen LogP contribution in [-0.2, 0) is 0 Å². The lowest BCUT2D eigenvalue weighted by Gasteiger charge is -2.31. The molecule has 1 aliphatic rings. The topological polar surface area (TPSA) is 39.7 Å². The molecule has 1 saturated heterocycles. The van der Waals surface area contributed by atoms with Crippen LogP contribution in [0.25, 0.3) is 0 Å². The van der Waals surface area contributed by atoms with Gasteiger partial charge in [-0.25, -0.2) is 0 Å². The summed E-state index contributed by atoms with van der Waals surface area (Å²) in [6.07, 6.45) is -2.54. The molecule has 4 nitrogen and oxygen atoms in total. The summed E-state index contributed by atoms with van der Waals surface area (Å²) in [7, 11) is 1.57. The summed E-state index contributed by atoms with van der Waals surface area (Å²) in [4.78, 5) is 6.42. The first kappa shape index (κ1) is 21.8. The first-order valence-corrected chi connectivity index (χ1v) is 7.59. The van der Waals surface area contributed by atoms with Gasteiger partial charge in [-0.3, -0.25) is 9.89 Å². The summed E-state index contributed by atoms with van der Waals surface area (Å²) >= 11 is 0. The molecule has 132 valence electrons. The molecule has 1 aliphatic heterocycles. The van der Waals surface area contributed by atoms with Crippen molar-refractivity contribution in [3.63, 3.8) is 0 Å². The van der Waals surface area contributed by atoms with Gasteiger partial charge < -0.3 is 10.6 Å².